The summed E-state index contributed by atoms with van der Waals surface area (Å²) >= 11 is 11.6. The molecule has 1 N–H and O–H groups in total. The van der Waals surface area contributed by atoms with Gasteiger partial charge in [-0.1, -0.05) is 23.2 Å². The Morgan fingerprint density at radius 2 is 1.80 bits per heavy atom. The number of halogens is 4. The number of carbonyl (C=O) groups excluding carboxylic acids is 2. The molecular weight excluding hydrogens is 379 g/mol. The number of hydrogen-bond donors (Lipinski definition) is 1. The van der Waals surface area contributed by atoms with Gasteiger partial charge in [-0.25, -0.2) is 13.6 Å². The summed E-state index contributed by atoms with van der Waals surface area (Å²) in [5.74, 6) is -3.12. The van der Waals surface area contributed by atoms with Crippen LogP contribution in [0.3, 0.4) is 0 Å². The van der Waals surface area contributed by atoms with Crippen molar-refractivity contribution >= 4 is 40.8 Å². The molecule has 9 heteroatoms. The molecule has 25 heavy (non-hydrogen) atoms. The minimum atomic E-state index is -0.944. The van der Waals surface area contributed by atoms with Crippen LogP contribution in [0.2, 0.25) is 10.0 Å². The highest BCUT2D eigenvalue weighted by Gasteiger charge is 2.12. The summed E-state index contributed by atoms with van der Waals surface area (Å²) in [7, 11) is 0. The zero-order valence-electron chi connectivity index (χ0n) is 12.5. The van der Waals surface area contributed by atoms with Gasteiger partial charge in [0.2, 0.25) is 0 Å². The zero-order chi connectivity index (χ0) is 18.4. The van der Waals surface area contributed by atoms with Gasteiger partial charge in [0.15, 0.2) is 13.2 Å². The highest BCUT2D eigenvalue weighted by atomic mass is 35.5. The van der Waals surface area contributed by atoms with Crippen LogP contribution in [0, 0.1) is 11.6 Å². The Kier molecular flexibility index (Phi) is 6.55. The highest BCUT2D eigenvalue weighted by molar-refractivity contribution is 6.35. The number of rotatable bonds is 6. The largest absolute Gasteiger partial charge is 0.480 e. The maximum atomic E-state index is 13.4. The monoisotopic (exact) mass is 389 g/mol. The Hall–Kier alpha value is -2.38. The van der Waals surface area contributed by atoms with Gasteiger partial charge >= 0.3 is 5.97 Å². The Bertz CT molecular complexity index is 802. The van der Waals surface area contributed by atoms with Crippen molar-refractivity contribution in [3.63, 3.8) is 0 Å². The maximum Gasteiger partial charge on any atom is 0.344 e. The fourth-order valence-corrected chi connectivity index (χ4v) is 2.16. The van der Waals surface area contributed by atoms with Crippen LogP contribution < -0.4 is 10.1 Å². The van der Waals surface area contributed by atoms with Crippen LogP contribution in [-0.4, -0.2) is 25.1 Å². The van der Waals surface area contributed by atoms with Crippen molar-refractivity contribution in [3.8, 4) is 5.75 Å². The summed E-state index contributed by atoms with van der Waals surface area (Å²) < 4.78 is 36.0. The summed E-state index contributed by atoms with van der Waals surface area (Å²) in [6, 6.07) is 7.09. The van der Waals surface area contributed by atoms with E-state index in [4.69, 9.17) is 27.9 Å². The molecular formula is C16H11Cl2F2NO4. The third-order valence-electron chi connectivity index (χ3n) is 2.81. The average molecular weight is 390 g/mol. The van der Waals surface area contributed by atoms with Crippen LogP contribution in [0.1, 0.15) is 0 Å². The third kappa shape index (κ3) is 5.88. The number of ether oxygens (including phenoxy) is 2. The van der Waals surface area contributed by atoms with Crippen molar-refractivity contribution in [1.29, 1.82) is 0 Å². The lowest BCUT2D eigenvalue weighted by molar-refractivity contribution is -0.149. The van der Waals surface area contributed by atoms with Gasteiger partial charge in [-0.2, -0.15) is 0 Å². The second-order valence-electron chi connectivity index (χ2n) is 4.70. The van der Waals surface area contributed by atoms with E-state index in [-0.39, 0.29) is 16.5 Å². The number of benzene rings is 2. The molecule has 5 nitrogen and oxygen atoms in total. The number of anilines is 1. The molecule has 2 aromatic carbocycles. The number of carbonyl (C=O) groups is 2. The van der Waals surface area contributed by atoms with Crippen LogP contribution in [0.4, 0.5) is 14.5 Å². The lowest BCUT2D eigenvalue weighted by Gasteiger charge is -2.09. The Balaban J connectivity index is 1.78. The van der Waals surface area contributed by atoms with E-state index in [1.54, 1.807) is 0 Å². The van der Waals surface area contributed by atoms with E-state index in [1.165, 1.54) is 18.2 Å². The smallest absolute Gasteiger partial charge is 0.344 e. The normalized spacial score (nSPS) is 10.2. The molecule has 0 heterocycles. The van der Waals surface area contributed by atoms with Gasteiger partial charge < -0.3 is 14.8 Å². The number of nitrogens with one attached hydrogen (secondary N) is 1. The molecule has 0 aliphatic carbocycles. The summed E-state index contributed by atoms with van der Waals surface area (Å²) in [5.41, 5.74) is -0.230. The molecule has 2 aromatic rings. The molecule has 0 saturated heterocycles. The lowest BCUT2D eigenvalue weighted by Crippen LogP contribution is -2.24. The zero-order valence-corrected chi connectivity index (χ0v) is 14.0. The molecule has 0 aromatic heterocycles. The van der Waals surface area contributed by atoms with Crippen molar-refractivity contribution in [1.82, 2.24) is 0 Å². The molecule has 0 radical (unpaired) electrons. The topological polar surface area (TPSA) is 64.6 Å². The molecule has 0 atom stereocenters. The van der Waals surface area contributed by atoms with Crippen LogP contribution in [0.5, 0.6) is 5.75 Å². The lowest BCUT2D eigenvalue weighted by atomic mass is 10.3. The molecule has 0 saturated carbocycles. The minimum absolute atomic E-state index is 0.213. The van der Waals surface area contributed by atoms with E-state index in [2.05, 4.69) is 10.1 Å². The summed E-state index contributed by atoms with van der Waals surface area (Å²) in [5, 5.41) is 2.77. The van der Waals surface area contributed by atoms with Gasteiger partial charge in [-0.3, -0.25) is 4.79 Å². The van der Waals surface area contributed by atoms with Gasteiger partial charge in [0.05, 0.1) is 10.7 Å². The maximum absolute atomic E-state index is 13.4. The highest BCUT2D eigenvalue weighted by Crippen LogP contribution is 2.27. The first kappa shape index (κ1) is 19.0. The predicted octanol–water partition coefficient (Wildman–Crippen LogP) is 3.83. The molecule has 2 rings (SSSR count). The summed E-state index contributed by atoms with van der Waals surface area (Å²) in [6.07, 6.45) is 0. The molecule has 132 valence electrons. The second kappa shape index (κ2) is 8.64. The number of esters is 1. The van der Waals surface area contributed by atoms with E-state index in [0.29, 0.717) is 11.1 Å². The quantitative estimate of drug-likeness (QED) is 0.762. The summed E-state index contributed by atoms with van der Waals surface area (Å²) in [6.45, 7) is -1.15. The van der Waals surface area contributed by atoms with Crippen LogP contribution in [0.25, 0.3) is 0 Å². The van der Waals surface area contributed by atoms with Crippen molar-refractivity contribution < 1.29 is 27.8 Å². The summed E-state index contributed by atoms with van der Waals surface area (Å²) in [4.78, 5) is 23.1. The molecule has 0 unspecified atom stereocenters. The van der Waals surface area contributed by atoms with E-state index >= 15 is 0 Å². The van der Waals surface area contributed by atoms with Gasteiger partial charge in [-0.15, -0.1) is 0 Å². The first-order valence-corrected chi connectivity index (χ1v) is 7.59. The second-order valence-corrected chi connectivity index (χ2v) is 5.54. The Morgan fingerprint density at radius 3 is 2.48 bits per heavy atom. The number of hydrogen-bond acceptors (Lipinski definition) is 4. The third-order valence-corrected chi connectivity index (χ3v) is 3.34. The van der Waals surface area contributed by atoms with Crippen molar-refractivity contribution in [2.45, 2.75) is 0 Å². The molecule has 0 aliphatic heterocycles. The molecule has 0 spiro atoms. The fourth-order valence-electron chi connectivity index (χ4n) is 1.69. The minimum Gasteiger partial charge on any atom is -0.480 e. The fraction of sp³-hybridized carbons (Fsp3) is 0.125. The Labute approximate surface area is 151 Å². The number of amides is 1. The van der Waals surface area contributed by atoms with Gasteiger partial charge in [0, 0.05) is 11.1 Å². The Morgan fingerprint density at radius 1 is 1.04 bits per heavy atom. The van der Waals surface area contributed by atoms with Crippen LogP contribution in [0.15, 0.2) is 36.4 Å². The van der Waals surface area contributed by atoms with Crippen molar-refractivity contribution in [2.24, 2.45) is 0 Å². The van der Waals surface area contributed by atoms with Gasteiger partial charge in [0.25, 0.3) is 5.91 Å². The SMILES string of the molecule is O=C(COC(=O)COc1ccc(Cl)cc1Cl)Nc1ccc(F)cc1F. The van der Waals surface area contributed by atoms with E-state index < -0.39 is 36.7 Å². The van der Waals surface area contributed by atoms with Crippen LogP contribution >= 0.6 is 23.2 Å². The molecule has 0 fully saturated rings. The molecule has 0 bridgehead atoms. The van der Waals surface area contributed by atoms with E-state index in [0.717, 1.165) is 12.1 Å². The first-order valence-electron chi connectivity index (χ1n) is 6.83. The van der Waals surface area contributed by atoms with E-state index in [9.17, 15) is 18.4 Å². The predicted molar refractivity (Wildman–Crippen MR) is 87.9 cm³/mol. The van der Waals surface area contributed by atoms with Crippen molar-refractivity contribution in [2.75, 3.05) is 18.5 Å². The average Bonchev–Trinajstić information content (AvgIpc) is 2.55. The molecule has 1 amide bonds. The molecule has 0 aliphatic rings. The van der Waals surface area contributed by atoms with Gasteiger partial charge in [-0.05, 0) is 30.3 Å². The van der Waals surface area contributed by atoms with Crippen LogP contribution in [-0.2, 0) is 14.3 Å². The van der Waals surface area contributed by atoms with Crippen molar-refractivity contribution in [3.05, 3.63) is 58.1 Å². The first-order chi connectivity index (χ1) is 11.8. The van der Waals surface area contributed by atoms with Gasteiger partial charge in [0.1, 0.15) is 17.4 Å². The standard InChI is InChI=1S/C16H11Cl2F2NO4/c17-9-1-4-14(11(18)5-9)24-8-16(23)25-7-15(22)21-13-3-2-10(19)6-12(13)20/h1-6H,7-8H2,(H,21,22). The van der Waals surface area contributed by atoms with E-state index in [1.807, 2.05) is 0 Å².